The molecule has 0 saturated carbocycles. The summed E-state index contributed by atoms with van der Waals surface area (Å²) in [4.78, 5) is 12.1. The molecule has 2 heterocycles. The molecule has 1 N–H and O–H groups in total. The molecule has 0 spiro atoms. The minimum atomic E-state index is 0.0214. The van der Waals surface area contributed by atoms with Crippen molar-refractivity contribution >= 4 is 27.5 Å². The molecule has 1 amide bonds. The molecule has 4 nitrogen and oxygen atoms in total. The lowest BCUT2D eigenvalue weighted by atomic mass is 9.84. The van der Waals surface area contributed by atoms with Crippen LogP contribution in [-0.2, 0) is 4.79 Å². The third-order valence-electron chi connectivity index (χ3n) is 4.18. The van der Waals surface area contributed by atoms with E-state index in [-0.39, 0.29) is 18.6 Å². The van der Waals surface area contributed by atoms with Crippen LogP contribution < -0.4 is 14.8 Å². The quantitative estimate of drug-likeness (QED) is 0.838. The van der Waals surface area contributed by atoms with Crippen molar-refractivity contribution in [3.63, 3.8) is 0 Å². The van der Waals surface area contributed by atoms with Gasteiger partial charge in [0.15, 0.2) is 11.5 Å². The van der Waals surface area contributed by atoms with Crippen LogP contribution in [0.2, 0.25) is 0 Å². The normalized spacial score (nSPS) is 18.8. The Morgan fingerprint density at radius 1 is 1.18 bits per heavy atom. The fourth-order valence-electron chi connectivity index (χ4n) is 2.97. The van der Waals surface area contributed by atoms with E-state index >= 15 is 0 Å². The molecule has 0 aliphatic carbocycles. The summed E-state index contributed by atoms with van der Waals surface area (Å²) < 4.78 is 11.9. The summed E-state index contributed by atoms with van der Waals surface area (Å²) in [6.45, 7) is 2.28. The summed E-state index contributed by atoms with van der Waals surface area (Å²) in [7, 11) is 0. The van der Waals surface area contributed by atoms with Crippen molar-refractivity contribution in [1.29, 1.82) is 0 Å². The smallest absolute Gasteiger partial charge is 0.231 e. The molecular formula is C17H14BrNO3. The van der Waals surface area contributed by atoms with Gasteiger partial charge >= 0.3 is 0 Å². The van der Waals surface area contributed by atoms with Gasteiger partial charge in [-0.3, -0.25) is 4.79 Å². The van der Waals surface area contributed by atoms with Crippen LogP contribution >= 0.6 is 15.9 Å². The summed E-state index contributed by atoms with van der Waals surface area (Å²) in [6.07, 6.45) is 0.433. The summed E-state index contributed by atoms with van der Waals surface area (Å²) in [6, 6.07) is 10.1. The number of fused-ring (bicyclic) bond motifs is 2. The number of benzene rings is 2. The van der Waals surface area contributed by atoms with E-state index < -0.39 is 0 Å². The highest BCUT2D eigenvalue weighted by Crippen LogP contribution is 2.45. The molecule has 1 unspecified atom stereocenters. The van der Waals surface area contributed by atoms with Crippen LogP contribution in [0.3, 0.4) is 0 Å². The van der Waals surface area contributed by atoms with Gasteiger partial charge in [0.25, 0.3) is 0 Å². The predicted octanol–water partition coefficient (Wildman–Crippen LogP) is 3.96. The number of rotatable bonds is 1. The van der Waals surface area contributed by atoms with Crippen molar-refractivity contribution in [2.45, 2.75) is 19.3 Å². The maximum Gasteiger partial charge on any atom is 0.231 e. The Labute approximate surface area is 136 Å². The molecule has 2 aromatic rings. The zero-order chi connectivity index (χ0) is 15.3. The Morgan fingerprint density at radius 2 is 1.95 bits per heavy atom. The third-order valence-corrected chi connectivity index (χ3v) is 5.04. The van der Waals surface area contributed by atoms with Gasteiger partial charge in [0.05, 0.1) is 0 Å². The Morgan fingerprint density at radius 3 is 2.73 bits per heavy atom. The van der Waals surface area contributed by atoms with Gasteiger partial charge in [-0.15, -0.1) is 0 Å². The summed E-state index contributed by atoms with van der Waals surface area (Å²) in [5.74, 6) is 1.47. The number of carbonyl (C=O) groups is 1. The van der Waals surface area contributed by atoms with Crippen molar-refractivity contribution in [2.24, 2.45) is 0 Å². The number of halogens is 1. The van der Waals surface area contributed by atoms with Gasteiger partial charge < -0.3 is 14.8 Å². The molecule has 112 valence electrons. The Bertz CT molecular complexity index is 788. The highest BCUT2D eigenvalue weighted by atomic mass is 79.9. The van der Waals surface area contributed by atoms with Gasteiger partial charge in [0.1, 0.15) is 0 Å². The summed E-state index contributed by atoms with van der Waals surface area (Å²) in [5, 5.41) is 2.93. The Balaban J connectivity index is 1.84. The fourth-order valence-corrected chi connectivity index (χ4v) is 3.37. The van der Waals surface area contributed by atoms with Gasteiger partial charge in [0.2, 0.25) is 12.7 Å². The van der Waals surface area contributed by atoms with E-state index in [9.17, 15) is 4.79 Å². The Kier molecular flexibility index (Phi) is 3.11. The maximum atomic E-state index is 12.1. The van der Waals surface area contributed by atoms with Gasteiger partial charge in [-0.25, -0.2) is 0 Å². The van der Waals surface area contributed by atoms with E-state index in [1.165, 1.54) is 5.56 Å². The molecule has 22 heavy (non-hydrogen) atoms. The SMILES string of the molecule is Cc1ccc(C2CC(=O)Nc3cc4c(cc32)OCO4)cc1Br. The average molecular weight is 360 g/mol. The third kappa shape index (κ3) is 2.16. The first-order valence-electron chi connectivity index (χ1n) is 7.11. The van der Waals surface area contributed by atoms with Crippen molar-refractivity contribution in [3.8, 4) is 11.5 Å². The van der Waals surface area contributed by atoms with E-state index in [4.69, 9.17) is 9.47 Å². The van der Waals surface area contributed by atoms with E-state index in [0.29, 0.717) is 12.2 Å². The van der Waals surface area contributed by atoms with E-state index in [1.807, 2.05) is 19.1 Å². The van der Waals surface area contributed by atoms with Gasteiger partial charge in [-0.2, -0.15) is 0 Å². The zero-order valence-corrected chi connectivity index (χ0v) is 13.6. The van der Waals surface area contributed by atoms with Crippen LogP contribution in [0, 0.1) is 6.92 Å². The van der Waals surface area contributed by atoms with Gasteiger partial charge in [0, 0.05) is 28.6 Å². The van der Waals surface area contributed by atoms with Crippen LogP contribution in [0.1, 0.15) is 29.0 Å². The fraction of sp³-hybridized carbons (Fsp3) is 0.235. The number of hydrogen-bond acceptors (Lipinski definition) is 3. The lowest BCUT2D eigenvalue weighted by molar-refractivity contribution is -0.116. The number of anilines is 1. The van der Waals surface area contributed by atoms with E-state index in [0.717, 1.165) is 27.0 Å². The standard InChI is InChI=1S/C17H14BrNO3/c1-9-2-3-10(4-13(9)18)11-6-17(20)19-14-7-16-15(5-12(11)14)21-8-22-16/h2-5,7,11H,6,8H2,1H3,(H,19,20). The summed E-state index contributed by atoms with van der Waals surface area (Å²) >= 11 is 3.57. The second-order valence-electron chi connectivity index (χ2n) is 5.61. The van der Waals surface area contributed by atoms with Crippen molar-refractivity contribution < 1.29 is 14.3 Å². The molecule has 0 saturated heterocycles. The van der Waals surface area contributed by atoms with Gasteiger partial charge in [-0.1, -0.05) is 28.1 Å². The molecule has 0 aromatic heterocycles. The Hall–Kier alpha value is -2.01. The molecule has 4 rings (SSSR count). The highest BCUT2D eigenvalue weighted by Gasteiger charge is 2.29. The maximum absolute atomic E-state index is 12.1. The second-order valence-corrected chi connectivity index (χ2v) is 6.46. The van der Waals surface area contributed by atoms with Crippen molar-refractivity contribution in [2.75, 3.05) is 12.1 Å². The van der Waals surface area contributed by atoms with Crippen LogP contribution in [0.15, 0.2) is 34.8 Å². The monoisotopic (exact) mass is 359 g/mol. The lowest BCUT2D eigenvalue weighted by Gasteiger charge is -2.26. The van der Waals surface area contributed by atoms with Crippen LogP contribution in [0.5, 0.6) is 11.5 Å². The first kappa shape index (κ1) is 13.6. The minimum absolute atomic E-state index is 0.0214. The lowest BCUT2D eigenvalue weighted by Crippen LogP contribution is -2.23. The van der Waals surface area contributed by atoms with Crippen molar-refractivity contribution in [3.05, 3.63) is 51.5 Å². The number of amides is 1. The first-order valence-corrected chi connectivity index (χ1v) is 7.90. The molecule has 5 heteroatoms. The molecule has 0 radical (unpaired) electrons. The molecule has 2 aliphatic rings. The topological polar surface area (TPSA) is 47.6 Å². The van der Waals surface area contributed by atoms with Gasteiger partial charge in [-0.05, 0) is 35.7 Å². The number of nitrogens with one attached hydrogen (secondary N) is 1. The van der Waals surface area contributed by atoms with Crippen LogP contribution in [0.4, 0.5) is 5.69 Å². The van der Waals surface area contributed by atoms with Crippen LogP contribution in [-0.4, -0.2) is 12.7 Å². The molecule has 0 bridgehead atoms. The molecule has 1 atom stereocenters. The molecule has 2 aromatic carbocycles. The number of ether oxygens (including phenoxy) is 2. The predicted molar refractivity (Wildman–Crippen MR) is 86.5 cm³/mol. The minimum Gasteiger partial charge on any atom is -0.454 e. The van der Waals surface area contributed by atoms with Crippen molar-refractivity contribution in [1.82, 2.24) is 0 Å². The van der Waals surface area contributed by atoms with E-state index in [2.05, 4.69) is 39.4 Å². The largest absolute Gasteiger partial charge is 0.454 e. The zero-order valence-electron chi connectivity index (χ0n) is 12.0. The highest BCUT2D eigenvalue weighted by molar-refractivity contribution is 9.10. The van der Waals surface area contributed by atoms with E-state index in [1.54, 1.807) is 0 Å². The van der Waals surface area contributed by atoms with Crippen LogP contribution in [0.25, 0.3) is 0 Å². The summed E-state index contributed by atoms with van der Waals surface area (Å²) in [5.41, 5.74) is 4.17. The number of carbonyl (C=O) groups excluding carboxylic acids is 1. The molecule has 0 fully saturated rings. The first-order chi connectivity index (χ1) is 10.6. The average Bonchev–Trinajstić information content (AvgIpc) is 2.94. The molecular weight excluding hydrogens is 346 g/mol. The number of hydrogen-bond donors (Lipinski definition) is 1. The number of aryl methyl sites for hydroxylation is 1. The molecule has 2 aliphatic heterocycles. The second kappa shape index (κ2) is 5.02.